The number of alkyl halides is 5. The standard InChI is InChI=1S/C18H12ClF5O4/c19-13-7-11(4-5-15(13)28-17(20)21)14(25)8-16(26)27-9-10-2-1-3-12(6-10)18(22,23)24/h1-7,17H,8-9H2. The van der Waals surface area contributed by atoms with Crippen molar-refractivity contribution in [3.8, 4) is 5.75 Å². The number of benzene rings is 2. The minimum absolute atomic E-state index is 0.0392. The highest BCUT2D eigenvalue weighted by molar-refractivity contribution is 6.32. The van der Waals surface area contributed by atoms with Crippen LogP contribution in [-0.4, -0.2) is 18.4 Å². The van der Waals surface area contributed by atoms with Crippen molar-refractivity contribution in [2.75, 3.05) is 0 Å². The van der Waals surface area contributed by atoms with Crippen molar-refractivity contribution in [2.45, 2.75) is 25.8 Å². The Morgan fingerprint density at radius 3 is 2.39 bits per heavy atom. The van der Waals surface area contributed by atoms with Gasteiger partial charge in [-0.1, -0.05) is 23.7 Å². The van der Waals surface area contributed by atoms with Gasteiger partial charge in [-0.3, -0.25) is 9.59 Å². The fourth-order valence-electron chi connectivity index (χ4n) is 2.15. The van der Waals surface area contributed by atoms with Gasteiger partial charge in [-0.2, -0.15) is 22.0 Å². The highest BCUT2D eigenvalue weighted by atomic mass is 35.5. The SMILES string of the molecule is O=C(CC(=O)c1ccc(OC(F)F)c(Cl)c1)OCc1cccc(C(F)(F)F)c1. The summed E-state index contributed by atoms with van der Waals surface area (Å²) in [5.74, 6) is -2.01. The number of hydrogen-bond acceptors (Lipinski definition) is 4. The molecule has 2 aromatic rings. The Hall–Kier alpha value is -2.68. The van der Waals surface area contributed by atoms with Crippen LogP contribution < -0.4 is 4.74 Å². The number of carbonyl (C=O) groups is 2. The average molecular weight is 423 g/mol. The molecule has 0 fully saturated rings. The zero-order chi connectivity index (χ0) is 20.9. The molecule has 150 valence electrons. The molecule has 0 bridgehead atoms. The summed E-state index contributed by atoms with van der Waals surface area (Å²) in [4.78, 5) is 23.8. The number of carbonyl (C=O) groups excluding carboxylic acids is 2. The molecule has 0 atom stereocenters. The van der Waals surface area contributed by atoms with Crippen LogP contribution in [0.3, 0.4) is 0 Å². The third-order valence-corrected chi connectivity index (χ3v) is 3.72. The molecule has 2 aromatic carbocycles. The lowest BCUT2D eigenvalue weighted by molar-refractivity contribution is -0.143. The number of halogens is 6. The number of ether oxygens (including phenoxy) is 2. The molecule has 28 heavy (non-hydrogen) atoms. The van der Waals surface area contributed by atoms with Crippen molar-refractivity contribution in [1.82, 2.24) is 0 Å². The topological polar surface area (TPSA) is 52.6 Å². The lowest BCUT2D eigenvalue weighted by Gasteiger charge is -2.10. The maximum atomic E-state index is 12.6. The van der Waals surface area contributed by atoms with E-state index in [0.29, 0.717) is 0 Å². The zero-order valence-electron chi connectivity index (χ0n) is 13.9. The Morgan fingerprint density at radius 2 is 1.79 bits per heavy atom. The molecule has 2 rings (SSSR count). The quantitative estimate of drug-likeness (QED) is 0.264. The number of esters is 1. The molecule has 0 aromatic heterocycles. The van der Waals surface area contributed by atoms with E-state index in [4.69, 9.17) is 16.3 Å². The molecule has 0 saturated heterocycles. The minimum Gasteiger partial charge on any atom is -0.460 e. The van der Waals surface area contributed by atoms with E-state index in [-0.39, 0.29) is 21.9 Å². The first kappa shape index (κ1) is 21.6. The van der Waals surface area contributed by atoms with E-state index in [2.05, 4.69) is 4.74 Å². The second-order valence-electron chi connectivity index (χ2n) is 5.48. The monoisotopic (exact) mass is 422 g/mol. The summed E-state index contributed by atoms with van der Waals surface area (Å²) in [6.07, 6.45) is -5.24. The van der Waals surface area contributed by atoms with Gasteiger partial charge in [-0.25, -0.2) is 0 Å². The summed E-state index contributed by atoms with van der Waals surface area (Å²) in [5.41, 5.74) is -0.826. The van der Waals surface area contributed by atoms with E-state index in [1.165, 1.54) is 12.1 Å². The van der Waals surface area contributed by atoms with Crippen molar-refractivity contribution in [2.24, 2.45) is 0 Å². The van der Waals surface area contributed by atoms with Crippen LogP contribution >= 0.6 is 11.6 Å². The van der Waals surface area contributed by atoms with Crippen LogP contribution in [0, 0.1) is 0 Å². The number of hydrogen-bond donors (Lipinski definition) is 0. The van der Waals surface area contributed by atoms with E-state index in [1.54, 1.807) is 0 Å². The third-order valence-electron chi connectivity index (χ3n) is 3.43. The van der Waals surface area contributed by atoms with Crippen molar-refractivity contribution in [1.29, 1.82) is 0 Å². The first-order valence-electron chi connectivity index (χ1n) is 7.65. The summed E-state index contributed by atoms with van der Waals surface area (Å²) in [6, 6.07) is 7.47. The fraction of sp³-hybridized carbons (Fsp3) is 0.222. The summed E-state index contributed by atoms with van der Waals surface area (Å²) in [7, 11) is 0. The molecule has 0 heterocycles. The van der Waals surface area contributed by atoms with E-state index < -0.39 is 43.1 Å². The predicted molar refractivity (Wildman–Crippen MR) is 88.3 cm³/mol. The highest BCUT2D eigenvalue weighted by Gasteiger charge is 2.30. The molecule has 4 nitrogen and oxygen atoms in total. The van der Waals surface area contributed by atoms with Crippen LogP contribution in [0.15, 0.2) is 42.5 Å². The van der Waals surface area contributed by atoms with E-state index in [9.17, 15) is 31.5 Å². The van der Waals surface area contributed by atoms with Gasteiger partial charge >= 0.3 is 18.8 Å². The molecule has 0 amide bonds. The number of rotatable bonds is 7. The minimum atomic E-state index is -4.53. The number of Topliss-reactive ketones (excluding diaryl/α,β-unsaturated/α-hetero) is 1. The van der Waals surface area contributed by atoms with Crippen LogP contribution in [0.25, 0.3) is 0 Å². The molecule has 0 aliphatic carbocycles. The molecule has 0 aliphatic rings. The largest absolute Gasteiger partial charge is 0.460 e. The fourth-order valence-corrected chi connectivity index (χ4v) is 2.38. The molecule has 0 aliphatic heterocycles. The molecule has 0 unspecified atom stereocenters. The molecule has 10 heteroatoms. The average Bonchev–Trinajstić information content (AvgIpc) is 2.61. The normalized spacial score (nSPS) is 11.4. The second-order valence-corrected chi connectivity index (χ2v) is 5.89. The maximum absolute atomic E-state index is 12.6. The molecule has 0 N–H and O–H groups in total. The van der Waals surface area contributed by atoms with Crippen LogP contribution in [0.4, 0.5) is 22.0 Å². The second kappa shape index (κ2) is 9.01. The smallest absolute Gasteiger partial charge is 0.416 e. The number of ketones is 1. The third kappa shape index (κ3) is 6.19. The van der Waals surface area contributed by atoms with E-state index in [0.717, 1.165) is 30.3 Å². The van der Waals surface area contributed by atoms with Gasteiger partial charge in [-0.05, 0) is 35.9 Å². The van der Waals surface area contributed by atoms with Crippen LogP contribution in [0.1, 0.15) is 27.9 Å². The lowest BCUT2D eigenvalue weighted by atomic mass is 10.1. The lowest BCUT2D eigenvalue weighted by Crippen LogP contribution is -2.12. The predicted octanol–water partition coefficient (Wildman–Crippen LogP) is 5.28. The van der Waals surface area contributed by atoms with Crippen molar-refractivity contribution in [3.05, 3.63) is 64.2 Å². The summed E-state index contributed by atoms with van der Waals surface area (Å²) in [6.45, 7) is -3.54. The van der Waals surface area contributed by atoms with Gasteiger partial charge in [0.15, 0.2) is 5.78 Å². The van der Waals surface area contributed by atoms with Gasteiger partial charge in [0.2, 0.25) is 0 Å². The highest BCUT2D eigenvalue weighted by Crippen LogP contribution is 2.30. The van der Waals surface area contributed by atoms with Crippen molar-refractivity contribution in [3.63, 3.8) is 0 Å². The summed E-state index contributed by atoms with van der Waals surface area (Å²) < 4.78 is 71.2. The summed E-state index contributed by atoms with van der Waals surface area (Å²) >= 11 is 5.73. The van der Waals surface area contributed by atoms with E-state index in [1.807, 2.05) is 0 Å². The van der Waals surface area contributed by atoms with Crippen LogP contribution in [0.2, 0.25) is 5.02 Å². The summed E-state index contributed by atoms with van der Waals surface area (Å²) in [5, 5.41) is -0.247. The van der Waals surface area contributed by atoms with Gasteiger partial charge < -0.3 is 9.47 Å². The van der Waals surface area contributed by atoms with Gasteiger partial charge in [-0.15, -0.1) is 0 Å². The Bertz CT molecular complexity index is 867. The Morgan fingerprint density at radius 1 is 1.07 bits per heavy atom. The zero-order valence-corrected chi connectivity index (χ0v) is 14.7. The molecule has 0 radical (unpaired) electrons. The Kier molecular flexibility index (Phi) is 6.95. The van der Waals surface area contributed by atoms with Crippen molar-refractivity contribution < 1.29 is 41.0 Å². The Labute approximate surface area is 160 Å². The van der Waals surface area contributed by atoms with Gasteiger partial charge in [0.05, 0.1) is 10.6 Å². The molecule has 0 saturated carbocycles. The molecular formula is C18H12ClF5O4. The molecular weight excluding hydrogens is 411 g/mol. The first-order valence-corrected chi connectivity index (χ1v) is 8.03. The van der Waals surface area contributed by atoms with E-state index >= 15 is 0 Å². The van der Waals surface area contributed by atoms with Gasteiger partial charge in [0.25, 0.3) is 0 Å². The van der Waals surface area contributed by atoms with Gasteiger partial charge in [0, 0.05) is 5.56 Å². The Balaban J connectivity index is 1.94. The van der Waals surface area contributed by atoms with Gasteiger partial charge in [0.1, 0.15) is 18.8 Å². The maximum Gasteiger partial charge on any atom is 0.416 e. The van der Waals surface area contributed by atoms with Crippen LogP contribution in [0.5, 0.6) is 5.75 Å². The van der Waals surface area contributed by atoms with Crippen LogP contribution in [-0.2, 0) is 22.3 Å². The first-order chi connectivity index (χ1) is 13.1. The van der Waals surface area contributed by atoms with Crippen molar-refractivity contribution >= 4 is 23.4 Å². The molecule has 0 spiro atoms.